The largest absolute Gasteiger partial charge is 0.493 e. The van der Waals surface area contributed by atoms with Gasteiger partial charge in [0.25, 0.3) is 5.91 Å². The normalized spacial score (nSPS) is 20.6. The van der Waals surface area contributed by atoms with Gasteiger partial charge in [-0.2, -0.15) is 10.4 Å². The van der Waals surface area contributed by atoms with Gasteiger partial charge >= 0.3 is 0 Å². The van der Waals surface area contributed by atoms with Gasteiger partial charge in [0.05, 0.1) is 42.2 Å². The average molecular weight is 944 g/mol. The standard InChI is InChI=1S/C52H59ClN8O7/c1-33(28-60-19-17-43(59-60)39-11-12-40(25-54)42(53)20-39)57-48(63)38-13-15-41(16-14-38)67-30-36-23-52(24-36)21-35(22-52)29-66-31-46(62)58-47(51(2,3)4)50(65)61-18-5-6-44(61)49(64)56-26-34-7-9-37(10-8-34)45-27-55-32-68-45/h7-17,19-20,27,32-33,35-36,44,47H,5-6,18,21-24,26,28-31H2,1-4H3,(H,56,64)(H,57,63)(H,58,62)/t33-,35?,36?,44-,47+,52?/m0/s1. The van der Waals surface area contributed by atoms with Crippen molar-refractivity contribution in [2.45, 2.75) is 97.4 Å². The predicted molar refractivity (Wildman–Crippen MR) is 255 cm³/mol. The summed E-state index contributed by atoms with van der Waals surface area (Å²) in [6.45, 7) is 9.86. The smallest absolute Gasteiger partial charge is 0.251 e. The van der Waals surface area contributed by atoms with Crippen molar-refractivity contribution in [3.05, 3.63) is 113 Å². The summed E-state index contributed by atoms with van der Waals surface area (Å²) in [6, 6.07) is 22.4. The Morgan fingerprint density at radius 1 is 0.956 bits per heavy atom. The van der Waals surface area contributed by atoms with E-state index in [1.165, 1.54) is 6.39 Å². The summed E-state index contributed by atoms with van der Waals surface area (Å²) < 4.78 is 19.1. The number of rotatable bonds is 18. The number of likely N-dealkylation sites (tertiary alicyclic amines) is 1. The Morgan fingerprint density at radius 2 is 1.68 bits per heavy atom. The maximum atomic E-state index is 14.0. The van der Waals surface area contributed by atoms with Gasteiger partial charge in [-0.3, -0.25) is 23.9 Å². The van der Waals surface area contributed by atoms with Crippen LogP contribution >= 0.6 is 11.6 Å². The fourth-order valence-electron chi connectivity index (χ4n) is 9.92. The monoisotopic (exact) mass is 942 g/mol. The highest BCUT2D eigenvalue weighted by molar-refractivity contribution is 6.32. The van der Waals surface area contributed by atoms with E-state index in [0.29, 0.717) is 84.9 Å². The van der Waals surface area contributed by atoms with Gasteiger partial charge < -0.3 is 34.7 Å². The van der Waals surface area contributed by atoms with Crippen molar-refractivity contribution in [1.82, 2.24) is 35.6 Å². The van der Waals surface area contributed by atoms with Crippen LogP contribution in [-0.2, 0) is 32.2 Å². The molecule has 2 aromatic heterocycles. The van der Waals surface area contributed by atoms with E-state index in [1.54, 1.807) is 40.0 Å². The minimum Gasteiger partial charge on any atom is -0.493 e. The third-order valence-electron chi connectivity index (χ3n) is 13.3. The number of carbonyl (C=O) groups is 4. The topological polar surface area (TPSA) is 194 Å². The summed E-state index contributed by atoms with van der Waals surface area (Å²) in [5.74, 6) is 1.22. The Balaban J connectivity index is 0.703. The molecule has 3 fully saturated rings. The maximum absolute atomic E-state index is 14.0. The van der Waals surface area contributed by atoms with E-state index in [1.807, 2.05) is 82.4 Å². The number of hydrogen-bond donors (Lipinski definition) is 3. The van der Waals surface area contributed by atoms with E-state index in [9.17, 15) is 19.2 Å². The molecule has 2 saturated carbocycles. The van der Waals surface area contributed by atoms with Crippen LogP contribution in [0, 0.1) is 34.0 Å². The number of ether oxygens (including phenoxy) is 2. The molecule has 3 atom stereocenters. The summed E-state index contributed by atoms with van der Waals surface area (Å²) in [7, 11) is 0. The fraction of sp³-hybridized carbons (Fsp3) is 0.442. The van der Waals surface area contributed by atoms with Crippen LogP contribution in [0.5, 0.6) is 5.75 Å². The first-order valence-electron chi connectivity index (χ1n) is 23.4. The minimum atomic E-state index is -0.818. The van der Waals surface area contributed by atoms with Crippen LogP contribution in [0.1, 0.15) is 87.7 Å². The quantitative estimate of drug-likeness (QED) is 0.0788. The number of amides is 4. The van der Waals surface area contributed by atoms with Crippen molar-refractivity contribution in [2.75, 3.05) is 26.4 Å². The highest BCUT2D eigenvalue weighted by Crippen LogP contribution is 2.61. The van der Waals surface area contributed by atoms with E-state index in [4.69, 9.17) is 30.8 Å². The van der Waals surface area contributed by atoms with Crippen LogP contribution in [0.15, 0.2) is 96.0 Å². The Morgan fingerprint density at radius 3 is 2.35 bits per heavy atom. The van der Waals surface area contributed by atoms with Gasteiger partial charge in [0.2, 0.25) is 17.7 Å². The van der Waals surface area contributed by atoms with Crippen LogP contribution in [0.3, 0.4) is 0 Å². The van der Waals surface area contributed by atoms with Gasteiger partial charge in [-0.15, -0.1) is 0 Å². The molecule has 5 aromatic rings. The zero-order chi connectivity index (χ0) is 48.0. The second-order valence-electron chi connectivity index (χ2n) is 19.8. The van der Waals surface area contributed by atoms with Crippen molar-refractivity contribution < 1.29 is 33.1 Å². The SMILES string of the molecule is C[C@@H](Cn1ccc(-c2ccc(C#N)c(Cl)c2)n1)NC(=O)c1ccc(OCC2CC3(CC(COCC(=O)N[C@H](C(=O)N4CCC[C@H]4C(=O)NCc4ccc(-c5cnco5)cc4)C(C)(C)C)C3)C2)cc1. The molecular formula is C52H59ClN8O7. The van der Waals surface area contributed by atoms with E-state index >= 15 is 0 Å². The van der Waals surface area contributed by atoms with E-state index < -0.39 is 17.5 Å². The van der Waals surface area contributed by atoms with Gasteiger partial charge in [0.15, 0.2) is 12.2 Å². The number of benzene rings is 3. The third-order valence-corrected chi connectivity index (χ3v) is 13.6. The average Bonchev–Trinajstić information content (AvgIpc) is 4.11. The molecule has 2 aliphatic carbocycles. The van der Waals surface area contributed by atoms with Crippen LogP contribution in [0.25, 0.3) is 22.6 Å². The van der Waals surface area contributed by atoms with Gasteiger partial charge in [-0.25, -0.2) is 4.98 Å². The zero-order valence-electron chi connectivity index (χ0n) is 39.0. The Bertz CT molecular complexity index is 2600. The lowest BCUT2D eigenvalue weighted by atomic mass is 9.48. The second kappa shape index (κ2) is 20.8. The van der Waals surface area contributed by atoms with Crippen molar-refractivity contribution in [1.29, 1.82) is 5.26 Å². The first-order chi connectivity index (χ1) is 32.6. The van der Waals surface area contributed by atoms with E-state index in [2.05, 4.69) is 32.1 Å². The molecule has 356 valence electrons. The molecule has 1 aliphatic heterocycles. The number of halogens is 1. The molecule has 15 nitrogen and oxygen atoms in total. The molecule has 0 radical (unpaired) electrons. The zero-order valence-corrected chi connectivity index (χ0v) is 39.8. The first kappa shape index (κ1) is 48.0. The number of nitrogens with zero attached hydrogens (tertiary/aromatic N) is 5. The van der Waals surface area contributed by atoms with Crippen LogP contribution in [-0.4, -0.2) is 87.8 Å². The predicted octanol–water partition coefficient (Wildman–Crippen LogP) is 7.59. The highest BCUT2D eigenvalue weighted by Gasteiger charge is 2.52. The van der Waals surface area contributed by atoms with Crippen LogP contribution in [0.4, 0.5) is 0 Å². The number of carbonyl (C=O) groups excluding carboxylic acids is 4. The maximum Gasteiger partial charge on any atom is 0.251 e. The second-order valence-corrected chi connectivity index (χ2v) is 20.2. The van der Waals surface area contributed by atoms with Gasteiger partial charge in [-0.05, 0) is 116 Å². The summed E-state index contributed by atoms with van der Waals surface area (Å²) in [5, 5.41) is 23.1. The molecule has 1 spiro atoms. The fourth-order valence-corrected chi connectivity index (χ4v) is 10.1. The first-order valence-corrected chi connectivity index (χ1v) is 23.7. The molecule has 0 bridgehead atoms. The lowest BCUT2D eigenvalue weighted by Gasteiger charge is -2.57. The molecule has 3 aliphatic rings. The summed E-state index contributed by atoms with van der Waals surface area (Å²) in [4.78, 5) is 59.1. The molecule has 8 rings (SSSR count). The summed E-state index contributed by atoms with van der Waals surface area (Å²) >= 11 is 6.20. The molecule has 3 aromatic carbocycles. The van der Waals surface area contributed by atoms with Gasteiger partial charge in [-0.1, -0.05) is 62.7 Å². The lowest BCUT2D eigenvalue weighted by Crippen LogP contribution is -2.58. The molecule has 68 heavy (non-hydrogen) atoms. The Labute approximate surface area is 401 Å². The number of aromatic nitrogens is 3. The molecule has 1 saturated heterocycles. The summed E-state index contributed by atoms with van der Waals surface area (Å²) in [5.41, 5.74) is 4.01. The Hall–Kier alpha value is -6.50. The lowest BCUT2D eigenvalue weighted by molar-refractivity contribution is -0.145. The molecule has 0 unspecified atom stereocenters. The molecule has 16 heteroatoms. The number of hydrogen-bond acceptors (Lipinski definition) is 10. The number of nitriles is 1. The third kappa shape index (κ3) is 11.6. The Kier molecular flexibility index (Phi) is 14.7. The van der Waals surface area contributed by atoms with Gasteiger partial charge in [0.1, 0.15) is 30.5 Å². The molecule has 4 amide bonds. The number of oxazole rings is 1. The number of nitrogens with one attached hydrogen (secondary N) is 3. The van der Waals surface area contributed by atoms with Crippen LogP contribution < -0.4 is 20.7 Å². The van der Waals surface area contributed by atoms with Crippen molar-refractivity contribution >= 4 is 35.2 Å². The minimum absolute atomic E-state index is 0.136. The van der Waals surface area contributed by atoms with Gasteiger partial charge in [0, 0.05) is 42.0 Å². The molecule has 3 heterocycles. The van der Waals surface area contributed by atoms with Crippen molar-refractivity contribution in [3.8, 4) is 34.4 Å². The molecule has 3 N–H and O–H groups in total. The highest BCUT2D eigenvalue weighted by atomic mass is 35.5. The molecular weight excluding hydrogens is 884 g/mol. The summed E-state index contributed by atoms with van der Waals surface area (Å²) in [6.07, 6.45) is 10.4. The van der Waals surface area contributed by atoms with Crippen LogP contribution in [0.2, 0.25) is 5.02 Å². The van der Waals surface area contributed by atoms with E-state index in [-0.39, 0.29) is 36.3 Å². The van der Waals surface area contributed by atoms with Crippen molar-refractivity contribution in [2.24, 2.45) is 22.7 Å². The van der Waals surface area contributed by atoms with Crippen molar-refractivity contribution in [3.63, 3.8) is 0 Å². The van der Waals surface area contributed by atoms with E-state index in [0.717, 1.165) is 53.8 Å².